The molecule has 1 aliphatic heterocycles. The standard InChI is InChI=1S/C11H14O4S/c1-7-2-3-8(14-7)6-16-10-5-4-9(15-10)11(12)13/h4-5,7-8H,2-3,6H2,1H3,(H,12,13). The third-order valence-corrected chi connectivity index (χ3v) is 3.57. The molecule has 0 aliphatic carbocycles. The molecule has 4 nitrogen and oxygen atoms in total. The van der Waals surface area contributed by atoms with Gasteiger partial charge in [0, 0.05) is 5.75 Å². The number of thioether (sulfide) groups is 1. The van der Waals surface area contributed by atoms with Crippen molar-refractivity contribution < 1.29 is 19.1 Å². The first-order chi connectivity index (χ1) is 7.65. The number of rotatable bonds is 4. The lowest BCUT2D eigenvalue weighted by Gasteiger charge is -2.08. The molecule has 0 saturated carbocycles. The van der Waals surface area contributed by atoms with Crippen LogP contribution < -0.4 is 0 Å². The van der Waals surface area contributed by atoms with Gasteiger partial charge in [-0.15, -0.1) is 0 Å². The van der Waals surface area contributed by atoms with Crippen molar-refractivity contribution in [3.05, 3.63) is 17.9 Å². The van der Waals surface area contributed by atoms with Crippen LogP contribution in [0.15, 0.2) is 21.6 Å². The van der Waals surface area contributed by atoms with E-state index in [1.165, 1.54) is 17.8 Å². The number of carboxylic acid groups (broad SMARTS) is 1. The number of hydrogen-bond acceptors (Lipinski definition) is 4. The second-order valence-electron chi connectivity index (χ2n) is 3.88. The Balaban J connectivity index is 1.83. The molecule has 0 radical (unpaired) electrons. The lowest BCUT2D eigenvalue weighted by atomic mass is 10.2. The van der Waals surface area contributed by atoms with E-state index in [2.05, 4.69) is 6.92 Å². The van der Waals surface area contributed by atoms with E-state index in [0.717, 1.165) is 18.6 Å². The number of furan rings is 1. The Hall–Kier alpha value is -0.940. The maximum absolute atomic E-state index is 10.6. The molecule has 2 atom stereocenters. The summed E-state index contributed by atoms with van der Waals surface area (Å²) in [6.45, 7) is 2.07. The second kappa shape index (κ2) is 4.93. The molecular formula is C11H14O4S. The number of ether oxygens (including phenoxy) is 1. The number of aromatic carboxylic acids is 1. The van der Waals surface area contributed by atoms with Crippen molar-refractivity contribution in [1.29, 1.82) is 0 Å². The first kappa shape index (κ1) is 11.5. The third kappa shape index (κ3) is 2.80. The number of carboxylic acids is 1. The zero-order valence-electron chi connectivity index (χ0n) is 9.01. The molecule has 0 amide bonds. The van der Waals surface area contributed by atoms with Gasteiger partial charge in [-0.1, -0.05) is 11.8 Å². The monoisotopic (exact) mass is 242 g/mol. The van der Waals surface area contributed by atoms with Gasteiger partial charge in [-0.2, -0.15) is 0 Å². The Morgan fingerprint density at radius 3 is 2.94 bits per heavy atom. The SMILES string of the molecule is CC1CCC(CSc2ccc(C(=O)O)o2)O1. The average Bonchev–Trinajstić information content (AvgIpc) is 2.83. The fourth-order valence-corrected chi connectivity index (χ4v) is 2.60. The molecule has 1 aromatic rings. The summed E-state index contributed by atoms with van der Waals surface area (Å²) in [5.74, 6) is -0.225. The Morgan fingerprint density at radius 1 is 1.56 bits per heavy atom. The minimum Gasteiger partial charge on any atom is -0.475 e. The summed E-state index contributed by atoms with van der Waals surface area (Å²) in [5.41, 5.74) is 0. The van der Waals surface area contributed by atoms with Crippen molar-refractivity contribution in [2.24, 2.45) is 0 Å². The van der Waals surface area contributed by atoms with Crippen molar-refractivity contribution in [3.8, 4) is 0 Å². The fourth-order valence-electron chi connectivity index (χ4n) is 1.70. The molecule has 1 saturated heterocycles. The predicted molar refractivity (Wildman–Crippen MR) is 60.0 cm³/mol. The Labute approximate surface area is 98.0 Å². The smallest absolute Gasteiger partial charge is 0.371 e. The zero-order chi connectivity index (χ0) is 11.5. The summed E-state index contributed by atoms with van der Waals surface area (Å²) in [7, 11) is 0. The molecule has 2 rings (SSSR count). The zero-order valence-corrected chi connectivity index (χ0v) is 9.83. The van der Waals surface area contributed by atoms with E-state index >= 15 is 0 Å². The Kier molecular flexibility index (Phi) is 3.56. The second-order valence-corrected chi connectivity index (χ2v) is 4.91. The van der Waals surface area contributed by atoms with E-state index in [1.54, 1.807) is 6.07 Å². The van der Waals surface area contributed by atoms with E-state index in [0.29, 0.717) is 11.2 Å². The Bertz CT molecular complexity index is 374. The largest absolute Gasteiger partial charge is 0.475 e. The fraction of sp³-hybridized carbons (Fsp3) is 0.545. The van der Waals surface area contributed by atoms with Gasteiger partial charge in [0.05, 0.1) is 12.2 Å². The molecule has 88 valence electrons. The van der Waals surface area contributed by atoms with E-state index in [1.807, 2.05) is 0 Å². The van der Waals surface area contributed by atoms with E-state index in [4.69, 9.17) is 14.3 Å². The highest BCUT2D eigenvalue weighted by Crippen LogP contribution is 2.27. The topological polar surface area (TPSA) is 59.7 Å². The molecule has 0 bridgehead atoms. The van der Waals surface area contributed by atoms with Crippen LogP contribution in [0.3, 0.4) is 0 Å². The summed E-state index contributed by atoms with van der Waals surface area (Å²) < 4.78 is 10.8. The molecule has 0 aromatic carbocycles. The number of carbonyl (C=O) groups is 1. The van der Waals surface area contributed by atoms with Gasteiger partial charge >= 0.3 is 5.97 Å². The van der Waals surface area contributed by atoms with Crippen LogP contribution in [0.2, 0.25) is 0 Å². The first-order valence-electron chi connectivity index (χ1n) is 5.26. The van der Waals surface area contributed by atoms with Gasteiger partial charge in [0.25, 0.3) is 0 Å². The van der Waals surface area contributed by atoms with Crippen molar-refractivity contribution >= 4 is 17.7 Å². The molecule has 1 fully saturated rings. The van der Waals surface area contributed by atoms with Crippen LogP contribution in [0.5, 0.6) is 0 Å². The predicted octanol–water partition coefficient (Wildman–Crippen LogP) is 2.64. The van der Waals surface area contributed by atoms with Crippen LogP contribution in [-0.4, -0.2) is 29.0 Å². The lowest BCUT2D eigenvalue weighted by Crippen LogP contribution is -2.10. The molecule has 1 aromatic heterocycles. The van der Waals surface area contributed by atoms with Crippen LogP contribution in [0.1, 0.15) is 30.3 Å². The van der Waals surface area contributed by atoms with Crippen LogP contribution in [-0.2, 0) is 4.74 Å². The molecular weight excluding hydrogens is 228 g/mol. The van der Waals surface area contributed by atoms with Crippen LogP contribution in [0.4, 0.5) is 0 Å². The third-order valence-electron chi connectivity index (χ3n) is 2.52. The Morgan fingerprint density at radius 2 is 2.38 bits per heavy atom. The summed E-state index contributed by atoms with van der Waals surface area (Å²) in [4.78, 5) is 10.6. The van der Waals surface area contributed by atoms with Crippen LogP contribution in [0, 0.1) is 0 Å². The summed E-state index contributed by atoms with van der Waals surface area (Å²) in [5, 5.41) is 9.32. The van der Waals surface area contributed by atoms with Crippen LogP contribution in [0.25, 0.3) is 0 Å². The van der Waals surface area contributed by atoms with Gasteiger partial charge in [-0.3, -0.25) is 0 Å². The minimum atomic E-state index is -1.03. The molecule has 2 unspecified atom stereocenters. The highest BCUT2D eigenvalue weighted by Gasteiger charge is 2.22. The van der Waals surface area contributed by atoms with Crippen LogP contribution >= 0.6 is 11.8 Å². The van der Waals surface area contributed by atoms with Gasteiger partial charge in [-0.05, 0) is 31.9 Å². The van der Waals surface area contributed by atoms with E-state index in [9.17, 15) is 4.79 Å². The molecule has 1 N–H and O–H groups in total. The van der Waals surface area contributed by atoms with Gasteiger partial charge in [0.15, 0.2) is 5.09 Å². The van der Waals surface area contributed by atoms with Gasteiger partial charge in [-0.25, -0.2) is 4.79 Å². The van der Waals surface area contributed by atoms with Gasteiger partial charge in [0.1, 0.15) is 0 Å². The molecule has 1 aliphatic rings. The van der Waals surface area contributed by atoms with E-state index < -0.39 is 5.97 Å². The lowest BCUT2D eigenvalue weighted by molar-refractivity contribution is 0.0656. The molecule has 0 spiro atoms. The maximum atomic E-state index is 10.6. The van der Waals surface area contributed by atoms with E-state index in [-0.39, 0.29) is 11.9 Å². The first-order valence-corrected chi connectivity index (χ1v) is 6.25. The average molecular weight is 242 g/mol. The van der Waals surface area contributed by atoms with Crippen molar-refractivity contribution in [2.45, 2.75) is 37.1 Å². The maximum Gasteiger partial charge on any atom is 0.371 e. The number of hydrogen-bond donors (Lipinski definition) is 1. The van der Waals surface area contributed by atoms with Crippen molar-refractivity contribution in [3.63, 3.8) is 0 Å². The summed E-state index contributed by atoms with van der Waals surface area (Å²) >= 11 is 1.50. The quantitative estimate of drug-likeness (QED) is 0.822. The van der Waals surface area contributed by atoms with Crippen molar-refractivity contribution in [2.75, 3.05) is 5.75 Å². The van der Waals surface area contributed by atoms with Gasteiger partial charge in [0.2, 0.25) is 5.76 Å². The molecule has 16 heavy (non-hydrogen) atoms. The molecule has 2 heterocycles. The summed E-state index contributed by atoms with van der Waals surface area (Å²) in [6.07, 6.45) is 2.78. The van der Waals surface area contributed by atoms with Crippen molar-refractivity contribution in [1.82, 2.24) is 0 Å². The highest BCUT2D eigenvalue weighted by atomic mass is 32.2. The normalized spacial score (nSPS) is 24.8. The minimum absolute atomic E-state index is 0.0109. The summed E-state index contributed by atoms with van der Waals surface area (Å²) in [6, 6.07) is 3.16. The van der Waals surface area contributed by atoms with Gasteiger partial charge < -0.3 is 14.3 Å². The molecule has 5 heteroatoms. The highest BCUT2D eigenvalue weighted by molar-refractivity contribution is 7.99.